The fraction of sp³-hybridized carbons (Fsp3) is 0.812. The normalized spacial score (nSPS) is 11.8. The Hall–Kier alpha value is -0.440. The van der Waals surface area contributed by atoms with E-state index in [0.29, 0.717) is 0 Å². The number of rotatable bonds is 22. The van der Waals surface area contributed by atoms with E-state index < -0.39 is 17.4 Å². The predicted octanol–water partition coefficient (Wildman–Crippen LogP) is 10.6. The Balaban J connectivity index is 0.000000970. The molecule has 0 radical (unpaired) electrons. The molecule has 1 aromatic rings. The molecule has 0 aliphatic rings. The molecular weight excluding hydrogens is 495 g/mol. The maximum Gasteiger partial charge on any atom is 0.124 e. The third-order valence-electron chi connectivity index (χ3n) is 7.39. The summed E-state index contributed by atoms with van der Waals surface area (Å²) in [5, 5.41) is 0. The third-order valence-corrected chi connectivity index (χ3v) is 13.7. The molecular formula is C32H61O3PS. The molecule has 3 nitrogen and oxygen atoms in total. The number of aryl methyl sites for hydroxylation is 1. The molecule has 1 rings (SSSR count). The third kappa shape index (κ3) is 20.2. The Morgan fingerprint density at radius 3 is 1.22 bits per heavy atom. The Kier molecular flexibility index (Phi) is 23.2. The van der Waals surface area contributed by atoms with Gasteiger partial charge in [-0.25, -0.2) is 8.42 Å². The summed E-state index contributed by atoms with van der Waals surface area (Å²) in [6.07, 6.45) is 31.4. The highest BCUT2D eigenvalue weighted by Crippen LogP contribution is 2.60. The van der Waals surface area contributed by atoms with Gasteiger partial charge in [0.1, 0.15) is 10.1 Å². The smallest absolute Gasteiger partial charge is 0.124 e. The van der Waals surface area contributed by atoms with Crippen LogP contribution in [0, 0.1) is 6.92 Å². The van der Waals surface area contributed by atoms with Gasteiger partial charge >= 0.3 is 0 Å². The van der Waals surface area contributed by atoms with E-state index in [0.717, 1.165) is 5.56 Å². The molecule has 0 bridgehead atoms. The van der Waals surface area contributed by atoms with E-state index in [1.165, 1.54) is 121 Å². The molecule has 0 unspecified atom stereocenters. The van der Waals surface area contributed by atoms with Crippen LogP contribution in [-0.2, 0) is 10.1 Å². The van der Waals surface area contributed by atoms with Crippen molar-refractivity contribution in [2.75, 3.05) is 24.6 Å². The van der Waals surface area contributed by atoms with Gasteiger partial charge in [-0.2, -0.15) is 0 Å². The minimum atomic E-state index is -4.27. The van der Waals surface area contributed by atoms with Gasteiger partial charge in [0.2, 0.25) is 0 Å². The van der Waals surface area contributed by atoms with Gasteiger partial charge in [0, 0.05) is 7.26 Å². The van der Waals surface area contributed by atoms with Gasteiger partial charge in [-0.3, -0.25) is 0 Å². The predicted molar refractivity (Wildman–Crippen MR) is 167 cm³/mol. The first-order valence-electron chi connectivity index (χ1n) is 15.6. The monoisotopic (exact) mass is 556 g/mol. The first-order valence-corrected chi connectivity index (χ1v) is 19.6. The molecule has 0 aromatic heterocycles. The van der Waals surface area contributed by atoms with E-state index in [-0.39, 0.29) is 4.90 Å². The molecule has 0 saturated carbocycles. The summed E-state index contributed by atoms with van der Waals surface area (Å²) < 4.78 is 31.2. The van der Waals surface area contributed by atoms with Crippen LogP contribution in [0.5, 0.6) is 0 Å². The van der Waals surface area contributed by atoms with Crippen molar-refractivity contribution in [3.63, 3.8) is 0 Å². The summed E-state index contributed by atoms with van der Waals surface area (Å²) in [7, 11) is -4.85. The summed E-state index contributed by atoms with van der Waals surface area (Å²) in [4.78, 5) is -0.178. The topological polar surface area (TPSA) is 57.2 Å². The van der Waals surface area contributed by atoms with Crippen molar-refractivity contribution in [1.29, 1.82) is 0 Å². The van der Waals surface area contributed by atoms with Gasteiger partial charge in [-0.15, -0.1) is 0 Å². The van der Waals surface area contributed by atoms with Gasteiger partial charge in [-0.1, -0.05) is 122 Å². The average Bonchev–Trinajstić information content (AvgIpc) is 2.85. The van der Waals surface area contributed by atoms with Crippen LogP contribution in [0.15, 0.2) is 29.2 Å². The van der Waals surface area contributed by atoms with Gasteiger partial charge in [0.05, 0.1) is 29.5 Å². The zero-order chi connectivity index (χ0) is 27.8. The molecule has 5 heteroatoms. The summed E-state index contributed by atoms with van der Waals surface area (Å²) >= 11 is 0. The molecule has 0 amide bonds. The van der Waals surface area contributed by atoms with Crippen LogP contribution in [0.2, 0.25) is 0 Å². The quantitative estimate of drug-likeness (QED) is 0.0810. The molecule has 0 fully saturated rings. The Morgan fingerprint density at radius 1 is 0.541 bits per heavy atom. The van der Waals surface area contributed by atoms with Crippen LogP contribution in [-0.4, -0.2) is 37.6 Å². The van der Waals surface area contributed by atoms with Crippen molar-refractivity contribution in [1.82, 2.24) is 0 Å². The minimum Gasteiger partial charge on any atom is -0.744 e. The van der Waals surface area contributed by atoms with Crippen molar-refractivity contribution in [2.24, 2.45) is 0 Å². The molecule has 37 heavy (non-hydrogen) atoms. The first-order chi connectivity index (χ1) is 17.7. The Morgan fingerprint density at radius 2 is 0.892 bits per heavy atom. The highest BCUT2D eigenvalue weighted by Gasteiger charge is 2.33. The van der Waals surface area contributed by atoms with E-state index in [4.69, 9.17) is 0 Å². The summed E-state index contributed by atoms with van der Waals surface area (Å²) in [6, 6.07) is 5.78. The second-order valence-corrected chi connectivity index (χ2v) is 17.0. The SMILES string of the molecule is CCCCCCCCCCCCCCCC[P+](CCC)(CCC)CCC.Cc1ccc(S(=O)(=O)[O-])cc1. The van der Waals surface area contributed by atoms with Crippen LogP contribution in [0.4, 0.5) is 0 Å². The fourth-order valence-corrected chi connectivity index (χ4v) is 11.0. The second kappa shape index (κ2) is 23.4. The summed E-state index contributed by atoms with van der Waals surface area (Å²) in [6.45, 7) is 11.3. The first kappa shape index (κ1) is 36.6. The summed E-state index contributed by atoms with van der Waals surface area (Å²) in [5.41, 5.74) is 0.928. The van der Waals surface area contributed by atoms with E-state index in [1.807, 2.05) is 6.92 Å². The van der Waals surface area contributed by atoms with E-state index >= 15 is 0 Å². The number of hydrogen-bond donors (Lipinski definition) is 0. The zero-order valence-corrected chi connectivity index (χ0v) is 26.9. The van der Waals surface area contributed by atoms with E-state index in [9.17, 15) is 13.0 Å². The zero-order valence-electron chi connectivity index (χ0n) is 25.2. The van der Waals surface area contributed by atoms with Crippen LogP contribution in [0.3, 0.4) is 0 Å². The van der Waals surface area contributed by atoms with E-state index in [1.54, 1.807) is 36.8 Å². The summed E-state index contributed by atoms with van der Waals surface area (Å²) in [5.74, 6) is 0. The second-order valence-electron chi connectivity index (χ2n) is 11.1. The Labute approximate surface area is 233 Å². The molecule has 1 aromatic carbocycles. The highest BCUT2D eigenvalue weighted by molar-refractivity contribution is 7.85. The maximum atomic E-state index is 10.4. The minimum absolute atomic E-state index is 0.178. The van der Waals surface area contributed by atoms with Gasteiger partial charge in [-0.05, 0) is 51.2 Å². The molecule has 0 N–H and O–H groups in total. The van der Waals surface area contributed by atoms with Crippen molar-refractivity contribution in [3.8, 4) is 0 Å². The molecule has 0 atom stereocenters. The maximum absolute atomic E-state index is 10.4. The molecule has 218 valence electrons. The van der Waals surface area contributed by atoms with Gasteiger partial charge in [0.15, 0.2) is 0 Å². The van der Waals surface area contributed by atoms with E-state index in [2.05, 4.69) is 27.7 Å². The van der Waals surface area contributed by atoms with Crippen molar-refractivity contribution in [2.45, 2.75) is 149 Å². The highest BCUT2D eigenvalue weighted by atomic mass is 32.2. The lowest BCUT2D eigenvalue weighted by Crippen LogP contribution is -2.11. The lowest BCUT2D eigenvalue weighted by atomic mass is 10.0. The van der Waals surface area contributed by atoms with Crippen LogP contribution >= 0.6 is 7.26 Å². The fourth-order valence-electron chi connectivity index (χ4n) is 5.44. The Bertz CT molecular complexity index is 714. The van der Waals surface area contributed by atoms with Crippen molar-refractivity contribution in [3.05, 3.63) is 29.8 Å². The average molecular weight is 557 g/mol. The van der Waals surface area contributed by atoms with Crippen molar-refractivity contribution < 1.29 is 13.0 Å². The lowest BCUT2D eigenvalue weighted by Gasteiger charge is -2.27. The van der Waals surface area contributed by atoms with Gasteiger partial charge in [0.25, 0.3) is 0 Å². The number of unbranched alkanes of at least 4 members (excludes halogenated alkanes) is 13. The number of hydrogen-bond acceptors (Lipinski definition) is 3. The van der Waals surface area contributed by atoms with Crippen LogP contribution in [0.1, 0.15) is 142 Å². The molecule has 0 aliphatic carbocycles. The van der Waals surface area contributed by atoms with Crippen LogP contribution in [0.25, 0.3) is 0 Å². The standard InChI is InChI=1S/C25H54P.C7H8O3S/c1-5-9-10-11-12-13-14-15-16-17-18-19-20-21-25-26(22-6-2,23-7-3)24-8-4;1-6-2-4-7(5-3-6)11(8,9)10/h5-25H2,1-4H3;2-5H,1H3,(H,8,9,10)/q+1;/p-1. The largest absolute Gasteiger partial charge is 0.744 e. The van der Waals surface area contributed by atoms with Crippen LogP contribution < -0.4 is 0 Å². The molecule has 0 spiro atoms. The van der Waals surface area contributed by atoms with Gasteiger partial charge < -0.3 is 4.55 Å². The molecule has 0 saturated heterocycles. The lowest BCUT2D eigenvalue weighted by molar-refractivity contribution is 0.463. The van der Waals surface area contributed by atoms with Crippen molar-refractivity contribution >= 4 is 17.4 Å². The molecule has 0 heterocycles. The molecule has 0 aliphatic heterocycles. The number of benzene rings is 1.